The van der Waals surface area contributed by atoms with Crippen molar-refractivity contribution in [1.29, 1.82) is 0 Å². The maximum Gasteiger partial charge on any atom is 0.258 e. The van der Waals surface area contributed by atoms with Crippen LogP contribution in [0.25, 0.3) is 0 Å². The molecule has 3 rings (SSSR count). The highest BCUT2D eigenvalue weighted by atomic mass is 32.2. The Bertz CT molecular complexity index is 939. The molecule has 0 radical (unpaired) electrons. The highest BCUT2D eigenvalue weighted by Gasteiger charge is 2.26. The van der Waals surface area contributed by atoms with E-state index in [0.717, 1.165) is 24.8 Å². The molecule has 0 unspecified atom stereocenters. The zero-order chi connectivity index (χ0) is 20.9. The first-order valence-electron chi connectivity index (χ1n) is 9.96. The lowest BCUT2D eigenvalue weighted by Gasteiger charge is -2.26. The molecule has 29 heavy (non-hydrogen) atoms. The zero-order valence-electron chi connectivity index (χ0n) is 16.9. The molecule has 6 nitrogen and oxygen atoms in total. The normalized spacial score (nSPS) is 16.2. The van der Waals surface area contributed by atoms with Crippen molar-refractivity contribution in [2.75, 3.05) is 19.7 Å². The summed E-state index contributed by atoms with van der Waals surface area (Å²) >= 11 is 0. The van der Waals surface area contributed by atoms with E-state index in [1.165, 1.54) is 0 Å². The van der Waals surface area contributed by atoms with Crippen LogP contribution in [-0.2, 0) is 14.8 Å². The van der Waals surface area contributed by atoms with Crippen LogP contribution in [0.5, 0.6) is 5.75 Å². The van der Waals surface area contributed by atoms with Crippen molar-refractivity contribution in [3.63, 3.8) is 0 Å². The van der Waals surface area contributed by atoms with Gasteiger partial charge in [0.25, 0.3) is 5.91 Å². The number of amides is 1. The summed E-state index contributed by atoms with van der Waals surface area (Å²) in [5.41, 5.74) is 1.70. The van der Waals surface area contributed by atoms with Gasteiger partial charge in [-0.1, -0.05) is 36.8 Å². The number of carbonyl (C=O) groups is 1. The number of benzene rings is 2. The Kier molecular flexibility index (Phi) is 6.92. The van der Waals surface area contributed by atoms with Gasteiger partial charge in [0, 0.05) is 13.1 Å². The number of hydrogen-bond acceptors (Lipinski definition) is 4. The van der Waals surface area contributed by atoms with E-state index in [2.05, 4.69) is 5.32 Å². The van der Waals surface area contributed by atoms with E-state index in [-0.39, 0.29) is 23.5 Å². The van der Waals surface area contributed by atoms with E-state index in [4.69, 9.17) is 4.74 Å². The Balaban J connectivity index is 1.60. The second-order valence-corrected chi connectivity index (χ2v) is 9.32. The van der Waals surface area contributed by atoms with Crippen molar-refractivity contribution < 1.29 is 17.9 Å². The topological polar surface area (TPSA) is 75.7 Å². The van der Waals surface area contributed by atoms with E-state index in [1.807, 2.05) is 37.3 Å². The molecule has 1 aliphatic heterocycles. The van der Waals surface area contributed by atoms with E-state index in [9.17, 15) is 13.2 Å². The maximum absolute atomic E-state index is 12.8. The fourth-order valence-corrected chi connectivity index (χ4v) is 5.05. The molecule has 1 saturated heterocycles. The summed E-state index contributed by atoms with van der Waals surface area (Å²) in [4.78, 5) is 12.5. The summed E-state index contributed by atoms with van der Waals surface area (Å²) in [6.07, 6.45) is 2.87. The van der Waals surface area contributed by atoms with Crippen LogP contribution in [0.4, 0.5) is 0 Å². The predicted octanol–water partition coefficient (Wildman–Crippen LogP) is 3.43. The first-order valence-corrected chi connectivity index (χ1v) is 11.4. The second kappa shape index (κ2) is 9.41. The Hall–Kier alpha value is -2.38. The minimum atomic E-state index is -3.48. The van der Waals surface area contributed by atoms with Crippen LogP contribution >= 0.6 is 0 Å². The SMILES string of the molecule is Cc1cc(S(=O)(=O)N2CCCCC2)ccc1OCC(=O)N[C@@H](C)c1ccccc1. The van der Waals surface area contributed by atoms with Crippen LogP contribution in [0.2, 0.25) is 0 Å². The Morgan fingerprint density at radius 2 is 1.79 bits per heavy atom. The number of ether oxygens (including phenoxy) is 1. The molecule has 7 heteroatoms. The molecule has 2 aromatic carbocycles. The highest BCUT2D eigenvalue weighted by Crippen LogP contribution is 2.26. The smallest absolute Gasteiger partial charge is 0.258 e. The number of nitrogens with one attached hydrogen (secondary N) is 1. The Morgan fingerprint density at radius 3 is 2.45 bits per heavy atom. The summed E-state index contributed by atoms with van der Waals surface area (Å²) in [5.74, 6) is 0.274. The average molecular weight is 417 g/mol. The molecule has 0 bridgehead atoms. The number of rotatable bonds is 7. The van der Waals surface area contributed by atoms with Crippen molar-refractivity contribution in [3.05, 3.63) is 59.7 Å². The largest absolute Gasteiger partial charge is 0.484 e. The van der Waals surface area contributed by atoms with Gasteiger partial charge in [-0.2, -0.15) is 4.31 Å². The molecule has 1 fully saturated rings. The molecule has 0 aromatic heterocycles. The van der Waals surface area contributed by atoms with E-state index >= 15 is 0 Å². The molecule has 0 aliphatic carbocycles. The van der Waals surface area contributed by atoms with Gasteiger partial charge in [0.2, 0.25) is 10.0 Å². The minimum Gasteiger partial charge on any atom is -0.484 e. The second-order valence-electron chi connectivity index (χ2n) is 7.38. The van der Waals surface area contributed by atoms with Gasteiger partial charge < -0.3 is 10.1 Å². The first-order chi connectivity index (χ1) is 13.9. The van der Waals surface area contributed by atoms with Gasteiger partial charge in [-0.15, -0.1) is 0 Å². The molecule has 0 spiro atoms. The highest BCUT2D eigenvalue weighted by molar-refractivity contribution is 7.89. The van der Waals surface area contributed by atoms with E-state index in [1.54, 1.807) is 29.4 Å². The van der Waals surface area contributed by atoms with Gasteiger partial charge in [-0.25, -0.2) is 8.42 Å². The van der Waals surface area contributed by atoms with Gasteiger partial charge >= 0.3 is 0 Å². The number of nitrogens with zero attached hydrogens (tertiary/aromatic N) is 1. The first kappa shape index (κ1) is 21.3. The molecule has 2 aromatic rings. The van der Waals surface area contributed by atoms with E-state index < -0.39 is 10.0 Å². The molecule has 1 amide bonds. The lowest BCUT2D eigenvalue weighted by molar-refractivity contribution is -0.123. The molecule has 1 atom stereocenters. The van der Waals surface area contributed by atoms with Crippen LogP contribution < -0.4 is 10.1 Å². The summed E-state index contributed by atoms with van der Waals surface area (Å²) in [5, 5.41) is 2.90. The van der Waals surface area contributed by atoms with Gasteiger partial charge in [-0.3, -0.25) is 4.79 Å². The molecule has 156 valence electrons. The van der Waals surface area contributed by atoms with E-state index in [0.29, 0.717) is 24.4 Å². The molecule has 1 heterocycles. The third-order valence-electron chi connectivity index (χ3n) is 5.14. The third kappa shape index (κ3) is 5.36. The van der Waals surface area contributed by atoms with Crippen molar-refractivity contribution in [3.8, 4) is 5.75 Å². The maximum atomic E-state index is 12.8. The van der Waals surface area contributed by atoms with Crippen molar-refractivity contribution in [1.82, 2.24) is 9.62 Å². The van der Waals surface area contributed by atoms with Gasteiger partial charge in [0.1, 0.15) is 5.75 Å². The van der Waals surface area contributed by atoms with Crippen LogP contribution in [0.3, 0.4) is 0 Å². The van der Waals surface area contributed by atoms with Crippen LogP contribution in [-0.4, -0.2) is 38.3 Å². The standard InChI is InChI=1S/C22H28N2O4S/c1-17-15-20(29(26,27)24-13-7-4-8-14-24)11-12-21(17)28-16-22(25)23-18(2)19-9-5-3-6-10-19/h3,5-6,9-12,15,18H,4,7-8,13-14,16H2,1-2H3,(H,23,25)/t18-/m0/s1. The molecular formula is C22H28N2O4S. The Labute approximate surface area is 172 Å². The van der Waals surface area contributed by atoms with Gasteiger partial charge in [-0.05, 0) is 56.0 Å². The molecule has 1 N–H and O–H groups in total. The molecular weight excluding hydrogens is 388 g/mol. The fraction of sp³-hybridized carbons (Fsp3) is 0.409. The van der Waals surface area contributed by atoms with Crippen LogP contribution in [0.1, 0.15) is 43.4 Å². The van der Waals surface area contributed by atoms with Crippen molar-refractivity contribution >= 4 is 15.9 Å². The quantitative estimate of drug-likeness (QED) is 0.750. The zero-order valence-corrected chi connectivity index (χ0v) is 17.7. The summed E-state index contributed by atoms with van der Waals surface area (Å²) < 4.78 is 32.8. The fourth-order valence-electron chi connectivity index (χ4n) is 3.45. The average Bonchev–Trinajstić information content (AvgIpc) is 2.74. The molecule has 1 aliphatic rings. The third-order valence-corrected chi connectivity index (χ3v) is 7.03. The van der Waals surface area contributed by atoms with Crippen LogP contribution in [0.15, 0.2) is 53.4 Å². The minimum absolute atomic E-state index is 0.120. The van der Waals surface area contributed by atoms with Crippen LogP contribution in [0, 0.1) is 6.92 Å². The number of aryl methyl sites for hydroxylation is 1. The number of hydrogen-bond donors (Lipinski definition) is 1. The van der Waals surface area contributed by atoms with Gasteiger partial charge in [0.05, 0.1) is 10.9 Å². The summed E-state index contributed by atoms with van der Waals surface area (Å²) in [6.45, 7) is 4.71. The number of piperidine rings is 1. The number of carbonyl (C=O) groups excluding carboxylic acids is 1. The summed E-state index contributed by atoms with van der Waals surface area (Å²) in [6, 6.07) is 14.4. The molecule has 0 saturated carbocycles. The van der Waals surface area contributed by atoms with Crippen molar-refractivity contribution in [2.45, 2.75) is 44.0 Å². The monoisotopic (exact) mass is 416 g/mol. The lowest BCUT2D eigenvalue weighted by Crippen LogP contribution is -2.35. The van der Waals surface area contributed by atoms with Gasteiger partial charge in [0.15, 0.2) is 6.61 Å². The lowest BCUT2D eigenvalue weighted by atomic mass is 10.1. The summed E-state index contributed by atoms with van der Waals surface area (Å²) in [7, 11) is -3.48. The van der Waals surface area contributed by atoms with Crippen molar-refractivity contribution in [2.24, 2.45) is 0 Å². The number of sulfonamides is 1. The Morgan fingerprint density at radius 1 is 1.10 bits per heavy atom. The predicted molar refractivity (Wildman–Crippen MR) is 112 cm³/mol.